The van der Waals surface area contributed by atoms with Gasteiger partial charge in [0.25, 0.3) is 0 Å². The molecule has 0 bridgehead atoms. The van der Waals surface area contributed by atoms with Crippen LogP contribution in [0.25, 0.3) is 0 Å². The molecular formula is C14H14F3NO2S. The van der Waals surface area contributed by atoms with Crippen LogP contribution in [0.5, 0.6) is 11.5 Å². The molecule has 7 heteroatoms. The number of ether oxygens (including phenoxy) is 2. The lowest BCUT2D eigenvalue weighted by molar-refractivity contribution is -0.275. The second-order valence-electron chi connectivity index (χ2n) is 4.28. The van der Waals surface area contributed by atoms with Crippen molar-refractivity contribution in [2.24, 2.45) is 5.73 Å². The quantitative estimate of drug-likeness (QED) is 0.907. The van der Waals surface area contributed by atoms with Gasteiger partial charge in [-0.3, -0.25) is 0 Å². The van der Waals surface area contributed by atoms with Crippen molar-refractivity contribution in [3.05, 3.63) is 45.6 Å². The van der Waals surface area contributed by atoms with Crippen molar-refractivity contribution in [2.45, 2.75) is 26.4 Å². The number of hydrogen-bond acceptors (Lipinski definition) is 4. The van der Waals surface area contributed by atoms with Crippen LogP contribution in [0.3, 0.4) is 0 Å². The van der Waals surface area contributed by atoms with Crippen LogP contribution in [0.15, 0.2) is 30.3 Å². The maximum atomic E-state index is 12.3. The summed E-state index contributed by atoms with van der Waals surface area (Å²) < 4.78 is 46.3. The van der Waals surface area contributed by atoms with Gasteiger partial charge >= 0.3 is 6.36 Å². The second kappa shape index (κ2) is 6.36. The Kier molecular flexibility index (Phi) is 4.74. The van der Waals surface area contributed by atoms with Crippen LogP contribution >= 0.6 is 11.3 Å². The summed E-state index contributed by atoms with van der Waals surface area (Å²) in [5, 5.41) is 0. The van der Waals surface area contributed by atoms with Gasteiger partial charge in [-0.25, -0.2) is 0 Å². The lowest BCUT2D eigenvalue weighted by Gasteiger charge is -2.13. The molecule has 0 fully saturated rings. The highest BCUT2D eigenvalue weighted by Gasteiger charge is 2.32. The van der Waals surface area contributed by atoms with E-state index in [0.717, 1.165) is 15.3 Å². The van der Waals surface area contributed by atoms with Gasteiger partial charge in [-0.1, -0.05) is 12.1 Å². The normalized spacial score (nSPS) is 11.5. The molecule has 0 saturated heterocycles. The predicted molar refractivity (Wildman–Crippen MR) is 74.4 cm³/mol. The van der Waals surface area contributed by atoms with Crippen molar-refractivity contribution in [1.82, 2.24) is 0 Å². The SMILES string of the molecule is Cc1sc(CN)cc1COc1ccccc1OC(F)(F)F. The van der Waals surface area contributed by atoms with Crippen LogP contribution < -0.4 is 15.2 Å². The average Bonchev–Trinajstić information content (AvgIpc) is 2.77. The number of hydrogen-bond donors (Lipinski definition) is 1. The highest BCUT2D eigenvalue weighted by atomic mass is 32.1. The van der Waals surface area contributed by atoms with E-state index in [-0.39, 0.29) is 18.1 Å². The zero-order chi connectivity index (χ0) is 15.5. The van der Waals surface area contributed by atoms with Gasteiger partial charge < -0.3 is 15.2 Å². The standard InChI is InChI=1S/C14H14F3NO2S/c1-9-10(6-11(7-18)21-9)8-19-12-4-2-3-5-13(12)20-14(15,16)17/h2-6H,7-8,18H2,1H3. The Morgan fingerprint density at radius 1 is 1.19 bits per heavy atom. The number of para-hydroxylation sites is 2. The Morgan fingerprint density at radius 2 is 1.86 bits per heavy atom. The van der Waals surface area contributed by atoms with Gasteiger partial charge in [-0.15, -0.1) is 24.5 Å². The number of benzene rings is 1. The third kappa shape index (κ3) is 4.37. The van der Waals surface area contributed by atoms with E-state index in [1.54, 1.807) is 17.4 Å². The molecule has 114 valence electrons. The van der Waals surface area contributed by atoms with E-state index < -0.39 is 6.36 Å². The monoisotopic (exact) mass is 317 g/mol. The van der Waals surface area contributed by atoms with Gasteiger partial charge in [0.15, 0.2) is 11.5 Å². The molecule has 2 N–H and O–H groups in total. The fraction of sp³-hybridized carbons (Fsp3) is 0.286. The minimum Gasteiger partial charge on any atom is -0.485 e. The molecule has 3 nitrogen and oxygen atoms in total. The topological polar surface area (TPSA) is 44.5 Å². The van der Waals surface area contributed by atoms with E-state index in [0.29, 0.717) is 6.54 Å². The highest BCUT2D eigenvalue weighted by Crippen LogP contribution is 2.33. The van der Waals surface area contributed by atoms with Crippen LogP contribution in [0.2, 0.25) is 0 Å². The van der Waals surface area contributed by atoms with Gasteiger partial charge in [0.1, 0.15) is 6.61 Å². The predicted octanol–water partition coefficient (Wildman–Crippen LogP) is 3.99. The molecule has 2 aromatic rings. The molecule has 21 heavy (non-hydrogen) atoms. The van der Waals surface area contributed by atoms with Gasteiger partial charge in [0, 0.05) is 21.9 Å². The molecule has 0 unspecified atom stereocenters. The number of aryl methyl sites for hydroxylation is 1. The largest absolute Gasteiger partial charge is 0.573 e. The minimum absolute atomic E-state index is 0.0507. The summed E-state index contributed by atoms with van der Waals surface area (Å²) in [6.07, 6.45) is -4.75. The van der Waals surface area contributed by atoms with E-state index in [1.807, 2.05) is 13.0 Å². The average molecular weight is 317 g/mol. The first-order chi connectivity index (χ1) is 9.89. The second-order valence-corrected chi connectivity index (χ2v) is 5.62. The summed E-state index contributed by atoms with van der Waals surface area (Å²) in [6, 6.07) is 7.59. The molecular weight excluding hydrogens is 303 g/mol. The van der Waals surface area contributed by atoms with Gasteiger partial charge in [0.2, 0.25) is 0 Å². The third-order valence-corrected chi connectivity index (χ3v) is 3.85. The summed E-state index contributed by atoms with van der Waals surface area (Å²) >= 11 is 1.55. The van der Waals surface area contributed by atoms with Crippen LogP contribution in [-0.4, -0.2) is 6.36 Å². The van der Waals surface area contributed by atoms with Crippen LogP contribution in [0, 0.1) is 6.92 Å². The molecule has 0 amide bonds. The number of nitrogens with two attached hydrogens (primary N) is 1. The third-order valence-electron chi connectivity index (χ3n) is 2.73. The molecule has 1 aromatic heterocycles. The highest BCUT2D eigenvalue weighted by molar-refractivity contribution is 7.12. The molecule has 0 aliphatic heterocycles. The van der Waals surface area contributed by atoms with Crippen LogP contribution in [0.4, 0.5) is 13.2 Å². The molecule has 1 aromatic carbocycles. The van der Waals surface area contributed by atoms with Crippen molar-refractivity contribution in [3.63, 3.8) is 0 Å². The van der Waals surface area contributed by atoms with Gasteiger partial charge in [-0.05, 0) is 25.1 Å². The molecule has 1 heterocycles. The Balaban J connectivity index is 2.11. The molecule has 0 radical (unpaired) electrons. The fourth-order valence-electron chi connectivity index (χ4n) is 1.77. The minimum atomic E-state index is -4.75. The first-order valence-electron chi connectivity index (χ1n) is 6.15. The first-order valence-corrected chi connectivity index (χ1v) is 6.96. The van der Waals surface area contributed by atoms with Crippen molar-refractivity contribution in [2.75, 3.05) is 0 Å². The van der Waals surface area contributed by atoms with Gasteiger partial charge in [-0.2, -0.15) is 0 Å². The zero-order valence-electron chi connectivity index (χ0n) is 11.2. The molecule has 0 spiro atoms. The van der Waals surface area contributed by atoms with Gasteiger partial charge in [0.05, 0.1) is 0 Å². The fourth-order valence-corrected chi connectivity index (χ4v) is 2.69. The van der Waals surface area contributed by atoms with Crippen molar-refractivity contribution in [3.8, 4) is 11.5 Å². The lowest BCUT2D eigenvalue weighted by atomic mass is 10.2. The lowest BCUT2D eigenvalue weighted by Crippen LogP contribution is -2.17. The maximum Gasteiger partial charge on any atom is 0.573 e. The summed E-state index contributed by atoms with van der Waals surface area (Å²) in [5.74, 6) is -0.299. The van der Waals surface area contributed by atoms with E-state index in [4.69, 9.17) is 10.5 Å². The van der Waals surface area contributed by atoms with Crippen LogP contribution in [0.1, 0.15) is 15.3 Å². The maximum absolute atomic E-state index is 12.3. The summed E-state index contributed by atoms with van der Waals surface area (Å²) in [7, 11) is 0. The van der Waals surface area contributed by atoms with Crippen molar-refractivity contribution in [1.29, 1.82) is 0 Å². The molecule has 0 aliphatic rings. The number of alkyl halides is 3. The van der Waals surface area contributed by atoms with E-state index >= 15 is 0 Å². The molecule has 0 saturated carbocycles. The number of thiophene rings is 1. The number of rotatable bonds is 5. The Morgan fingerprint density at radius 3 is 2.43 bits per heavy atom. The van der Waals surface area contributed by atoms with E-state index in [2.05, 4.69) is 4.74 Å². The Bertz CT molecular complexity index is 611. The van der Waals surface area contributed by atoms with Crippen molar-refractivity contribution < 1.29 is 22.6 Å². The van der Waals surface area contributed by atoms with Crippen LogP contribution in [-0.2, 0) is 13.2 Å². The zero-order valence-corrected chi connectivity index (χ0v) is 12.1. The molecule has 2 rings (SSSR count). The summed E-state index contributed by atoms with van der Waals surface area (Å²) in [5.41, 5.74) is 6.46. The molecule has 0 atom stereocenters. The van der Waals surface area contributed by atoms with E-state index in [9.17, 15) is 13.2 Å². The molecule has 0 aliphatic carbocycles. The summed E-state index contributed by atoms with van der Waals surface area (Å²) in [4.78, 5) is 2.04. The Labute approximate surface area is 124 Å². The summed E-state index contributed by atoms with van der Waals surface area (Å²) in [6.45, 7) is 2.51. The smallest absolute Gasteiger partial charge is 0.485 e. The van der Waals surface area contributed by atoms with E-state index in [1.165, 1.54) is 18.2 Å². The Hall–Kier alpha value is -1.73. The first kappa shape index (κ1) is 15.7. The van der Waals surface area contributed by atoms with Crippen molar-refractivity contribution >= 4 is 11.3 Å². The number of halogens is 3.